The van der Waals surface area contributed by atoms with E-state index in [1.807, 2.05) is 0 Å². The van der Waals surface area contributed by atoms with Crippen LogP contribution in [-0.2, 0) is 25.7 Å². The Kier molecular flexibility index (Phi) is 5.03. The summed E-state index contributed by atoms with van der Waals surface area (Å²) in [6.07, 6.45) is 0.751. The number of ether oxygens (including phenoxy) is 1. The van der Waals surface area contributed by atoms with Gasteiger partial charge in [0.15, 0.2) is 0 Å². The van der Waals surface area contributed by atoms with Crippen LogP contribution in [0.1, 0.15) is 36.6 Å². The topological polar surface area (TPSA) is 56.1 Å². The fourth-order valence-corrected chi connectivity index (χ4v) is 3.71. The third-order valence-corrected chi connectivity index (χ3v) is 5.27. The van der Waals surface area contributed by atoms with E-state index in [4.69, 9.17) is 4.74 Å². The van der Waals surface area contributed by atoms with Crippen molar-refractivity contribution < 1.29 is 17.9 Å². The highest BCUT2D eigenvalue weighted by molar-refractivity contribution is 5.24. The highest BCUT2D eigenvalue weighted by atomic mass is 19.4. The molecule has 1 fully saturated rings. The average Bonchev–Trinajstić information content (AvgIpc) is 3.26. The zero-order chi connectivity index (χ0) is 18.9. The quantitative estimate of drug-likeness (QED) is 0.797. The van der Waals surface area contributed by atoms with Gasteiger partial charge >= 0.3 is 6.18 Å². The lowest BCUT2D eigenvalue weighted by Crippen LogP contribution is -2.35. The Balaban J connectivity index is 1.25. The van der Waals surface area contributed by atoms with Gasteiger partial charge in [0.1, 0.15) is 23.1 Å². The normalized spacial score (nSPS) is 18.6. The minimum absolute atomic E-state index is 0.221. The van der Waals surface area contributed by atoms with E-state index in [0.29, 0.717) is 12.5 Å². The Morgan fingerprint density at radius 1 is 1.15 bits per heavy atom. The molecule has 0 atom stereocenters. The number of halogens is 3. The minimum atomic E-state index is -4.45. The molecule has 0 N–H and O–H groups in total. The molecule has 27 heavy (non-hydrogen) atoms. The Morgan fingerprint density at radius 2 is 1.96 bits per heavy atom. The van der Waals surface area contributed by atoms with Gasteiger partial charge in [-0.3, -0.25) is 9.88 Å². The summed E-state index contributed by atoms with van der Waals surface area (Å²) in [7, 11) is 0. The first-order chi connectivity index (χ1) is 13.0. The first kappa shape index (κ1) is 18.2. The van der Waals surface area contributed by atoms with Crippen LogP contribution in [0.25, 0.3) is 0 Å². The summed E-state index contributed by atoms with van der Waals surface area (Å²) in [5.41, 5.74) is -0.921. The molecule has 6 nitrogen and oxygen atoms in total. The number of nitrogens with zero attached hydrogens (tertiary/aromatic N) is 5. The first-order valence-electron chi connectivity index (χ1n) is 9.28. The number of aromatic nitrogens is 4. The summed E-state index contributed by atoms with van der Waals surface area (Å²) < 4.78 is 45.9. The average molecular weight is 381 g/mol. The second-order valence-electron chi connectivity index (χ2n) is 7.19. The van der Waals surface area contributed by atoms with Crippen LogP contribution in [0.3, 0.4) is 0 Å². The van der Waals surface area contributed by atoms with E-state index in [1.165, 1.54) is 6.07 Å². The summed E-state index contributed by atoms with van der Waals surface area (Å²) in [5.74, 6) is 2.68. The van der Waals surface area contributed by atoms with Crippen LogP contribution in [0, 0.1) is 5.92 Å². The van der Waals surface area contributed by atoms with Crippen molar-refractivity contribution in [1.29, 1.82) is 0 Å². The second-order valence-corrected chi connectivity index (χ2v) is 7.19. The maximum absolute atomic E-state index is 12.7. The smallest absolute Gasteiger partial charge is 0.433 e. The SMILES string of the molecule is FC(F)(F)c1cc(OCC2CCN(Cc3nnc4n3CCC4)CC2)ccn1. The Bertz CT molecular complexity index is 784. The Morgan fingerprint density at radius 3 is 2.74 bits per heavy atom. The largest absolute Gasteiger partial charge is 0.493 e. The van der Waals surface area contributed by atoms with E-state index in [2.05, 4.69) is 24.6 Å². The van der Waals surface area contributed by atoms with Crippen molar-refractivity contribution in [2.45, 2.75) is 44.9 Å². The maximum atomic E-state index is 12.7. The van der Waals surface area contributed by atoms with Crippen molar-refractivity contribution in [2.24, 2.45) is 5.92 Å². The lowest BCUT2D eigenvalue weighted by Gasteiger charge is -2.31. The van der Waals surface area contributed by atoms with Gasteiger partial charge in [0.05, 0.1) is 13.2 Å². The van der Waals surface area contributed by atoms with Crippen LogP contribution >= 0.6 is 0 Å². The molecule has 0 saturated carbocycles. The molecule has 9 heteroatoms. The standard InChI is InChI=1S/C18H22F3N5O/c19-18(20,21)15-10-14(3-6-22-15)27-12-13-4-8-25(9-5-13)11-17-24-23-16-2-1-7-26(16)17/h3,6,10,13H,1-2,4-5,7-9,11-12H2. The summed E-state index contributed by atoms with van der Waals surface area (Å²) in [4.78, 5) is 5.71. The summed E-state index contributed by atoms with van der Waals surface area (Å²) in [6.45, 7) is 4.10. The van der Waals surface area contributed by atoms with Crippen LogP contribution in [0.15, 0.2) is 18.3 Å². The van der Waals surface area contributed by atoms with Gasteiger partial charge in [-0.2, -0.15) is 13.2 Å². The number of alkyl halides is 3. The molecule has 2 aliphatic heterocycles. The van der Waals surface area contributed by atoms with Crippen molar-refractivity contribution in [3.05, 3.63) is 35.7 Å². The van der Waals surface area contributed by atoms with E-state index in [1.54, 1.807) is 0 Å². The molecule has 0 aliphatic carbocycles. The molecule has 0 bridgehead atoms. The fraction of sp³-hybridized carbons (Fsp3) is 0.611. The number of hydrogen-bond acceptors (Lipinski definition) is 5. The van der Waals surface area contributed by atoms with Crippen molar-refractivity contribution in [1.82, 2.24) is 24.6 Å². The molecule has 1 saturated heterocycles. The summed E-state index contributed by atoms with van der Waals surface area (Å²) in [6, 6.07) is 2.43. The van der Waals surface area contributed by atoms with Gasteiger partial charge in [-0.05, 0) is 44.3 Å². The number of pyridine rings is 1. The molecule has 2 aromatic rings. The van der Waals surface area contributed by atoms with Crippen molar-refractivity contribution in [3.63, 3.8) is 0 Å². The molecule has 0 spiro atoms. The van der Waals surface area contributed by atoms with Crippen molar-refractivity contribution in [3.8, 4) is 5.75 Å². The van der Waals surface area contributed by atoms with Gasteiger partial charge in [-0.15, -0.1) is 10.2 Å². The van der Waals surface area contributed by atoms with Gasteiger partial charge < -0.3 is 9.30 Å². The zero-order valence-electron chi connectivity index (χ0n) is 15.0. The number of rotatable bonds is 5. The zero-order valence-corrected chi connectivity index (χ0v) is 15.0. The number of hydrogen-bond donors (Lipinski definition) is 0. The molecule has 0 radical (unpaired) electrons. The maximum Gasteiger partial charge on any atom is 0.433 e. The fourth-order valence-electron chi connectivity index (χ4n) is 3.71. The predicted octanol–water partition coefficient (Wildman–Crippen LogP) is 2.93. The van der Waals surface area contributed by atoms with E-state index >= 15 is 0 Å². The molecule has 2 aliphatic rings. The van der Waals surface area contributed by atoms with Gasteiger partial charge in [-0.25, -0.2) is 0 Å². The van der Waals surface area contributed by atoms with E-state index in [0.717, 1.165) is 75.8 Å². The first-order valence-corrected chi connectivity index (χ1v) is 9.28. The third-order valence-electron chi connectivity index (χ3n) is 5.27. The van der Waals surface area contributed by atoms with Crippen molar-refractivity contribution >= 4 is 0 Å². The Labute approximate surface area is 155 Å². The number of likely N-dealkylation sites (tertiary alicyclic amines) is 1. The molecule has 4 rings (SSSR count). The van der Waals surface area contributed by atoms with Gasteiger partial charge in [-0.1, -0.05) is 0 Å². The third kappa shape index (κ3) is 4.23. The lowest BCUT2D eigenvalue weighted by atomic mass is 9.98. The van der Waals surface area contributed by atoms with E-state index in [9.17, 15) is 13.2 Å². The Hall–Kier alpha value is -2.16. The van der Waals surface area contributed by atoms with Gasteiger partial charge in [0.25, 0.3) is 0 Å². The lowest BCUT2D eigenvalue weighted by molar-refractivity contribution is -0.141. The molecular formula is C18H22F3N5O. The van der Waals surface area contributed by atoms with E-state index in [-0.39, 0.29) is 5.75 Å². The van der Waals surface area contributed by atoms with Crippen LogP contribution in [0.5, 0.6) is 5.75 Å². The predicted molar refractivity (Wildman–Crippen MR) is 91.1 cm³/mol. The molecule has 2 aromatic heterocycles. The monoisotopic (exact) mass is 381 g/mol. The molecule has 0 unspecified atom stereocenters. The molecule has 0 aromatic carbocycles. The number of aryl methyl sites for hydroxylation is 1. The highest BCUT2D eigenvalue weighted by Gasteiger charge is 2.32. The summed E-state index contributed by atoms with van der Waals surface area (Å²) in [5, 5.41) is 8.55. The van der Waals surface area contributed by atoms with Gasteiger partial charge in [0.2, 0.25) is 0 Å². The minimum Gasteiger partial charge on any atom is -0.493 e. The van der Waals surface area contributed by atoms with Crippen LogP contribution in [0.4, 0.5) is 13.2 Å². The van der Waals surface area contributed by atoms with Crippen LogP contribution in [-0.4, -0.2) is 44.3 Å². The second kappa shape index (κ2) is 7.46. The number of fused-ring (bicyclic) bond motifs is 1. The highest BCUT2D eigenvalue weighted by Crippen LogP contribution is 2.30. The summed E-state index contributed by atoms with van der Waals surface area (Å²) >= 11 is 0. The molecule has 0 amide bonds. The van der Waals surface area contributed by atoms with Gasteiger partial charge in [0, 0.05) is 25.2 Å². The van der Waals surface area contributed by atoms with Crippen LogP contribution in [0.2, 0.25) is 0 Å². The number of piperidine rings is 1. The van der Waals surface area contributed by atoms with Crippen LogP contribution < -0.4 is 4.74 Å². The molecular weight excluding hydrogens is 359 g/mol. The molecule has 146 valence electrons. The van der Waals surface area contributed by atoms with Crippen molar-refractivity contribution in [2.75, 3.05) is 19.7 Å². The van der Waals surface area contributed by atoms with E-state index < -0.39 is 11.9 Å². The molecule has 4 heterocycles.